The van der Waals surface area contributed by atoms with E-state index in [0.29, 0.717) is 18.0 Å². The van der Waals surface area contributed by atoms with Gasteiger partial charge in [-0.1, -0.05) is 46.3 Å². The minimum absolute atomic E-state index is 0.0997. The van der Waals surface area contributed by atoms with E-state index < -0.39 is 0 Å². The molecule has 0 aliphatic rings. The quantitative estimate of drug-likeness (QED) is 0.821. The van der Waals surface area contributed by atoms with E-state index in [2.05, 4.69) is 21.2 Å². The number of rotatable bonds is 6. The number of ether oxygens (including phenoxy) is 1. The largest absolute Gasteiger partial charge is 0.482 e. The van der Waals surface area contributed by atoms with E-state index in [9.17, 15) is 9.59 Å². The van der Waals surface area contributed by atoms with Crippen LogP contribution in [0.4, 0.5) is 5.69 Å². The van der Waals surface area contributed by atoms with Crippen LogP contribution in [0, 0.1) is 0 Å². The lowest BCUT2D eigenvalue weighted by Gasteiger charge is -2.19. The number of nitrogens with one attached hydrogen (secondary N) is 1. The molecule has 0 saturated heterocycles. The summed E-state index contributed by atoms with van der Waals surface area (Å²) in [5, 5.41) is 2.68. The van der Waals surface area contributed by atoms with Crippen LogP contribution in [0.3, 0.4) is 0 Å². The van der Waals surface area contributed by atoms with Gasteiger partial charge in [-0.25, -0.2) is 0 Å². The molecule has 5 nitrogen and oxygen atoms in total. The van der Waals surface area contributed by atoms with Crippen molar-refractivity contribution in [1.29, 1.82) is 0 Å². The Morgan fingerprint density at radius 2 is 1.79 bits per heavy atom. The predicted molar refractivity (Wildman–Crippen MR) is 96.9 cm³/mol. The van der Waals surface area contributed by atoms with Gasteiger partial charge in [0.1, 0.15) is 5.75 Å². The Morgan fingerprint density at radius 3 is 2.50 bits per heavy atom. The molecule has 2 aromatic rings. The Bertz CT molecular complexity index is 734. The van der Waals surface area contributed by atoms with Gasteiger partial charge in [-0.2, -0.15) is 0 Å². The standard InChI is InChI=1S/C18H19BrN2O3/c1-13(22)20-16-9-5-6-10-17(16)24-12-18(23)21(2)11-14-7-3-4-8-15(14)19/h3-10H,11-12H2,1-2H3,(H,20,22). The molecule has 0 aliphatic heterocycles. The average molecular weight is 391 g/mol. The van der Waals surface area contributed by atoms with Gasteiger partial charge in [0.05, 0.1) is 5.69 Å². The molecule has 1 N–H and O–H groups in total. The Kier molecular flexibility index (Phi) is 6.37. The lowest BCUT2D eigenvalue weighted by molar-refractivity contribution is -0.132. The molecule has 6 heteroatoms. The average Bonchev–Trinajstić information content (AvgIpc) is 2.55. The zero-order valence-corrected chi connectivity index (χ0v) is 15.2. The predicted octanol–water partition coefficient (Wildman–Crippen LogP) is 3.44. The Balaban J connectivity index is 1.96. The molecular formula is C18H19BrN2O3. The van der Waals surface area contributed by atoms with Crippen molar-refractivity contribution < 1.29 is 14.3 Å². The summed E-state index contributed by atoms with van der Waals surface area (Å²) in [6, 6.07) is 14.8. The van der Waals surface area contributed by atoms with Crippen LogP contribution < -0.4 is 10.1 Å². The highest BCUT2D eigenvalue weighted by Crippen LogP contribution is 2.23. The van der Waals surface area contributed by atoms with E-state index >= 15 is 0 Å². The van der Waals surface area contributed by atoms with E-state index in [-0.39, 0.29) is 18.4 Å². The molecular weight excluding hydrogens is 372 g/mol. The fourth-order valence-electron chi connectivity index (χ4n) is 2.11. The maximum absolute atomic E-state index is 12.3. The van der Waals surface area contributed by atoms with Gasteiger partial charge in [0, 0.05) is 25.0 Å². The van der Waals surface area contributed by atoms with Gasteiger partial charge in [0.25, 0.3) is 5.91 Å². The minimum Gasteiger partial charge on any atom is -0.482 e. The molecule has 0 spiro atoms. The number of likely N-dealkylation sites (N-methyl/N-ethyl adjacent to an activating group) is 1. The molecule has 0 aromatic heterocycles. The van der Waals surface area contributed by atoms with Crippen molar-refractivity contribution in [1.82, 2.24) is 4.90 Å². The Hall–Kier alpha value is -2.34. The summed E-state index contributed by atoms with van der Waals surface area (Å²) < 4.78 is 6.53. The monoisotopic (exact) mass is 390 g/mol. The second kappa shape index (κ2) is 8.49. The summed E-state index contributed by atoms with van der Waals surface area (Å²) >= 11 is 3.47. The fourth-order valence-corrected chi connectivity index (χ4v) is 2.52. The molecule has 0 fully saturated rings. The van der Waals surface area contributed by atoms with Gasteiger partial charge in [0.15, 0.2) is 6.61 Å². The number of carbonyl (C=O) groups excluding carboxylic acids is 2. The van der Waals surface area contributed by atoms with Crippen LogP contribution in [0.5, 0.6) is 5.75 Å². The van der Waals surface area contributed by atoms with E-state index in [1.54, 1.807) is 36.2 Å². The lowest BCUT2D eigenvalue weighted by Crippen LogP contribution is -2.31. The summed E-state index contributed by atoms with van der Waals surface area (Å²) in [5.41, 5.74) is 1.57. The number of halogens is 1. The van der Waals surface area contributed by atoms with Crippen LogP contribution in [-0.4, -0.2) is 30.4 Å². The smallest absolute Gasteiger partial charge is 0.260 e. The first-order valence-corrected chi connectivity index (χ1v) is 8.23. The SMILES string of the molecule is CC(=O)Nc1ccccc1OCC(=O)N(C)Cc1ccccc1Br. The Morgan fingerprint density at radius 1 is 1.12 bits per heavy atom. The normalized spacial score (nSPS) is 10.1. The topological polar surface area (TPSA) is 58.6 Å². The van der Waals surface area contributed by atoms with Gasteiger partial charge in [-0.05, 0) is 23.8 Å². The number of amides is 2. The van der Waals surface area contributed by atoms with Crippen LogP contribution in [0.2, 0.25) is 0 Å². The number of hydrogen-bond donors (Lipinski definition) is 1. The van der Waals surface area contributed by atoms with Crippen LogP contribution in [0.25, 0.3) is 0 Å². The van der Waals surface area contributed by atoms with Crippen molar-refractivity contribution >= 4 is 33.4 Å². The van der Waals surface area contributed by atoms with Crippen LogP contribution in [0.15, 0.2) is 53.0 Å². The maximum Gasteiger partial charge on any atom is 0.260 e. The Labute approximate surface area is 149 Å². The molecule has 126 valence electrons. The van der Waals surface area contributed by atoms with Gasteiger partial charge >= 0.3 is 0 Å². The van der Waals surface area contributed by atoms with E-state index in [1.807, 2.05) is 24.3 Å². The van der Waals surface area contributed by atoms with E-state index in [4.69, 9.17) is 4.74 Å². The number of para-hydroxylation sites is 2. The summed E-state index contributed by atoms with van der Waals surface area (Å²) in [6.07, 6.45) is 0. The second-order valence-electron chi connectivity index (χ2n) is 5.31. The highest BCUT2D eigenvalue weighted by Gasteiger charge is 2.13. The summed E-state index contributed by atoms with van der Waals surface area (Å²) in [4.78, 5) is 25.1. The zero-order chi connectivity index (χ0) is 17.5. The molecule has 0 atom stereocenters. The van der Waals surface area contributed by atoms with Crippen LogP contribution in [-0.2, 0) is 16.1 Å². The third kappa shape index (κ3) is 5.09. The number of hydrogen-bond acceptors (Lipinski definition) is 3. The highest BCUT2D eigenvalue weighted by molar-refractivity contribution is 9.10. The fraction of sp³-hybridized carbons (Fsp3) is 0.222. The van der Waals surface area contributed by atoms with E-state index in [0.717, 1.165) is 10.0 Å². The number of nitrogens with zero attached hydrogens (tertiary/aromatic N) is 1. The van der Waals surface area contributed by atoms with Gasteiger partial charge in [0.2, 0.25) is 5.91 Å². The molecule has 0 heterocycles. The minimum atomic E-state index is -0.191. The number of carbonyl (C=O) groups is 2. The number of anilines is 1. The number of benzene rings is 2. The van der Waals surface area contributed by atoms with Gasteiger partial charge < -0.3 is 15.0 Å². The third-order valence-corrected chi connectivity index (χ3v) is 4.11. The molecule has 0 aliphatic carbocycles. The molecule has 0 bridgehead atoms. The van der Waals surface area contributed by atoms with Crippen molar-refractivity contribution in [3.8, 4) is 5.75 Å². The highest BCUT2D eigenvalue weighted by atomic mass is 79.9. The first-order chi connectivity index (χ1) is 11.5. The molecule has 2 aromatic carbocycles. The molecule has 2 rings (SSSR count). The molecule has 0 radical (unpaired) electrons. The van der Waals surface area contributed by atoms with Crippen molar-refractivity contribution in [2.45, 2.75) is 13.5 Å². The summed E-state index contributed by atoms with van der Waals surface area (Å²) in [7, 11) is 1.73. The third-order valence-electron chi connectivity index (χ3n) is 3.34. The maximum atomic E-state index is 12.3. The lowest BCUT2D eigenvalue weighted by atomic mass is 10.2. The van der Waals surface area contributed by atoms with Crippen LogP contribution >= 0.6 is 15.9 Å². The summed E-state index contributed by atoms with van der Waals surface area (Å²) in [6.45, 7) is 1.81. The van der Waals surface area contributed by atoms with Crippen molar-refractivity contribution in [3.05, 3.63) is 58.6 Å². The molecule has 2 amide bonds. The van der Waals surface area contributed by atoms with Crippen molar-refractivity contribution in [2.24, 2.45) is 0 Å². The molecule has 0 unspecified atom stereocenters. The first-order valence-electron chi connectivity index (χ1n) is 7.44. The summed E-state index contributed by atoms with van der Waals surface area (Å²) in [5.74, 6) is 0.127. The molecule has 24 heavy (non-hydrogen) atoms. The van der Waals surface area contributed by atoms with Crippen molar-refractivity contribution in [2.75, 3.05) is 19.0 Å². The van der Waals surface area contributed by atoms with Crippen LogP contribution in [0.1, 0.15) is 12.5 Å². The van der Waals surface area contributed by atoms with Crippen molar-refractivity contribution in [3.63, 3.8) is 0 Å². The van der Waals surface area contributed by atoms with E-state index in [1.165, 1.54) is 6.92 Å². The first kappa shape index (κ1) is 18.0. The zero-order valence-electron chi connectivity index (χ0n) is 13.6. The van der Waals surface area contributed by atoms with Gasteiger partial charge in [-0.3, -0.25) is 9.59 Å². The second-order valence-corrected chi connectivity index (χ2v) is 6.16. The van der Waals surface area contributed by atoms with Gasteiger partial charge in [-0.15, -0.1) is 0 Å². The molecule has 0 saturated carbocycles.